The fraction of sp³-hybridized carbons (Fsp3) is 0.526. The van der Waals surface area contributed by atoms with E-state index in [9.17, 15) is 18.0 Å². The second kappa shape index (κ2) is 9.41. The zero-order valence-corrected chi connectivity index (χ0v) is 17.0. The number of aliphatic carboxylic acids is 1. The van der Waals surface area contributed by atoms with Gasteiger partial charge in [0, 0.05) is 32.0 Å². The van der Waals surface area contributed by atoms with E-state index in [0.717, 1.165) is 30.3 Å². The first-order chi connectivity index (χ1) is 14.6. The quantitative estimate of drug-likeness (QED) is 0.777. The van der Waals surface area contributed by atoms with Gasteiger partial charge in [0.2, 0.25) is 0 Å². The van der Waals surface area contributed by atoms with Gasteiger partial charge in [-0.25, -0.2) is 14.8 Å². The van der Waals surface area contributed by atoms with Crippen molar-refractivity contribution in [3.8, 4) is 0 Å². The van der Waals surface area contributed by atoms with Crippen LogP contribution < -0.4 is 0 Å². The summed E-state index contributed by atoms with van der Waals surface area (Å²) < 4.78 is 33.9. The van der Waals surface area contributed by atoms with Crippen LogP contribution in [0.25, 0.3) is 0 Å². The summed E-state index contributed by atoms with van der Waals surface area (Å²) in [5, 5.41) is 7.12. The van der Waals surface area contributed by atoms with Crippen LogP contribution in [-0.2, 0) is 24.4 Å². The molecule has 0 aromatic carbocycles. The van der Waals surface area contributed by atoms with E-state index >= 15 is 0 Å². The number of amides is 1. The number of hydrogen-bond acceptors (Lipinski definition) is 6. The number of carboxylic acid groups (broad SMARTS) is 1. The van der Waals surface area contributed by atoms with Crippen molar-refractivity contribution in [3.05, 3.63) is 41.5 Å². The third-order valence-corrected chi connectivity index (χ3v) is 4.97. The SMILES string of the molecule is Cc1cnc(C(=O)N2CCn3cc(CN4CCCC4)nc3C2)cn1.O=C(O)C(F)(F)F. The van der Waals surface area contributed by atoms with Gasteiger partial charge in [0.05, 0.1) is 24.1 Å². The molecule has 0 saturated carbocycles. The number of imidazole rings is 1. The standard InChI is InChI=1S/C17H22N6O.C2HF3O2/c1-13-8-19-15(9-18-13)17(24)23-7-6-22-11-14(20-16(22)12-23)10-21-4-2-3-5-21;3-2(4,5)1(6)7/h8-9,11H,2-7,10,12H2,1H3;(H,6,7). The molecule has 1 fully saturated rings. The summed E-state index contributed by atoms with van der Waals surface area (Å²) in [7, 11) is 0. The monoisotopic (exact) mass is 440 g/mol. The number of carbonyl (C=O) groups is 2. The maximum absolute atomic E-state index is 12.6. The van der Waals surface area contributed by atoms with Gasteiger partial charge in [-0.1, -0.05) is 0 Å². The topological polar surface area (TPSA) is 104 Å². The summed E-state index contributed by atoms with van der Waals surface area (Å²) in [6.45, 7) is 7.11. The highest BCUT2D eigenvalue weighted by Gasteiger charge is 2.38. The minimum atomic E-state index is -5.08. The van der Waals surface area contributed by atoms with Crippen molar-refractivity contribution in [2.24, 2.45) is 0 Å². The van der Waals surface area contributed by atoms with Gasteiger partial charge in [0.25, 0.3) is 5.91 Å². The smallest absolute Gasteiger partial charge is 0.475 e. The van der Waals surface area contributed by atoms with Crippen LogP contribution in [0.3, 0.4) is 0 Å². The zero-order chi connectivity index (χ0) is 22.6. The second-order valence-corrected chi connectivity index (χ2v) is 7.40. The van der Waals surface area contributed by atoms with Crippen molar-refractivity contribution in [2.45, 2.75) is 45.6 Å². The van der Waals surface area contributed by atoms with E-state index in [-0.39, 0.29) is 5.91 Å². The molecule has 2 aliphatic heterocycles. The Morgan fingerprint density at radius 3 is 2.35 bits per heavy atom. The summed E-state index contributed by atoms with van der Waals surface area (Å²) in [6.07, 6.45) is 2.81. The molecule has 0 atom stereocenters. The number of carbonyl (C=O) groups excluding carboxylic acids is 1. The molecule has 9 nitrogen and oxygen atoms in total. The second-order valence-electron chi connectivity index (χ2n) is 7.40. The molecule has 2 aromatic heterocycles. The minimum Gasteiger partial charge on any atom is -0.475 e. The summed E-state index contributed by atoms with van der Waals surface area (Å²) in [5.41, 5.74) is 2.32. The van der Waals surface area contributed by atoms with Crippen LogP contribution in [0.1, 0.15) is 40.5 Å². The van der Waals surface area contributed by atoms with Crippen molar-refractivity contribution in [3.63, 3.8) is 0 Å². The van der Waals surface area contributed by atoms with Crippen LogP contribution in [0.5, 0.6) is 0 Å². The number of rotatable bonds is 3. The molecule has 12 heteroatoms. The molecular formula is C19H23F3N6O3. The fourth-order valence-corrected chi connectivity index (χ4v) is 3.40. The lowest BCUT2D eigenvalue weighted by Gasteiger charge is -2.27. The van der Waals surface area contributed by atoms with Crippen LogP contribution in [0.15, 0.2) is 18.6 Å². The number of likely N-dealkylation sites (tertiary alicyclic amines) is 1. The lowest BCUT2D eigenvalue weighted by Crippen LogP contribution is -2.38. The molecule has 0 bridgehead atoms. The van der Waals surface area contributed by atoms with Crippen LogP contribution in [0.4, 0.5) is 13.2 Å². The van der Waals surface area contributed by atoms with Gasteiger partial charge in [0.1, 0.15) is 11.5 Å². The van der Waals surface area contributed by atoms with E-state index in [2.05, 4.69) is 25.6 Å². The largest absolute Gasteiger partial charge is 0.490 e. The van der Waals surface area contributed by atoms with Gasteiger partial charge in [-0.05, 0) is 32.9 Å². The number of aryl methyl sites for hydroxylation is 1. The first-order valence-electron chi connectivity index (χ1n) is 9.79. The highest BCUT2D eigenvalue weighted by atomic mass is 19.4. The highest BCUT2D eigenvalue weighted by Crippen LogP contribution is 2.17. The zero-order valence-electron chi connectivity index (χ0n) is 17.0. The predicted molar refractivity (Wildman–Crippen MR) is 102 cm³/mol. The predicted octanol–water partition coefficient (Wildman–Crippen LogP) is 1.87. The number of carboxylic acids is 1. The summed E-state index contributed by atoms with van der Waals surface area (Å²) in [4.78, 5) is 38.8. The number of nitrogens with zero attached hydrogens (tertiary/aromatic N) is 6. The number of alkyl halides is 3. The molecule has 1 saturated heterocycles. The van der Waals surface area contributed by atoms with Crippen molar-refractivity contribution in [1.29, 1.82) is 0 Å². The van der Waals surface area contributed by atoms with Crippen LogP contribution in [0, 0.1) is 6.92 Å². The molecule has 2 aliphatic rings. The van der Waals surface area contributed by atoms with Crippen molar-refractivity contribution >= 4 is 11.9 Å². The summed E-state index contributed by atoms with van der Waals surface area (Å²) >= 11 is 0. The van der Waals surface area contributed by atoms with Gasteiger partial charge in [-0.3, -0.25) is 14.7 Å². The molecule has 4 rings (SSSR count). The number of fused-ring (bicyclic) bond motifs is 1. The normalized spacial score (nSPS) is 16.5. The maximum atomic E-state index is 12.6. The molecule has 0 unspecified atom stereocenters. The summed E-state index contributed by atoms with van der Waals surface area (Å²) in [5.74, 6) is -1.87. The van der Waals surface area contributed by atoms with Crippen LogP contribution in [0.2, 0.25) is 0 Å². The Morgan fingerprint density at radius 2 is 1.77 bits per heavy atom. The van der Waals surface area contributed by atoms with E-state index in [1.54, 1.807) is 17.3 Å². The lowest BCUT2D eigenvalue weighted by atomic mass is 10.3. The number of hydrogen-bond donors (Lipinski definition) is 1. The number of aromatic nitrogens is 4. The van der Waals surface area contributed by atoms with E-state index in [1.807, 2.05) is 6.92 Å². The Morgan fingerprint density at radius 1 is 1.10 bits per heavy atom. The average molecular weight is 440 g/mol. The Labute approximate surface area is 176 Å². The molecular weight excluding hydrogens is 417 g/mol. The van der Waals surface area contributed by atoms with E-state index < -0.39 is 12.1 Å². The fourth-order valence-electron chi connectivity index (χ4n) is 3.40. The van der Waals surface area contributed by atoms with Gasteiger partial charge < -0.3 is 14.6 Å². The van der Waals surface area contributed by atoms with Gasteiger partial charge in [0.15, 0.2) is 0 Å². The Bertz CT molecular complexity index is 923. The van der Waals surface area contributed by atoms with Crippen molar-refractivity contribution < 1.29 is 27.9 Å². The van der Waals surface area contributed by atoms with E-state index in [1.165, 1.54) is 25.9 Å². The van der Waals surface area contributed by atoms with Crippen LogP contribution in [-0.4, -0.2) is 72.1 Å². The maximum Gasteiger partial charge on any atom is 0.490 e. The highest BCUT2D eigenvalue weighted by molar-refractivity contribution is 5.92. The van der Waals surface area contributed by atoms with Crippen LogP contribution >= 0.6 is 0 Å². The van der Waals surface area contributed by atoms with Gasteiger partial charge in [-0.15, -0.1) is 0 Å². The molecule has 1 amide bonds. The average Bonchev–Trinajstić information content (AvgIpc) is 3.36. The van der Waals surface area contributed by atoms with Gasteiger partial charge in [-0.2, -0.15) is 13.2 Å². The Hall–Kier alpha value is -3.02. The first-order valence-corrected chi connectivity index (χ1v) is 9.79. The molecule has 0 radical (unpaired) electrons. The molecule has 168 valence electrons. The first kappa shape index (κ1) is 22.7. The van der Waals surface area contributed by atoms with Crippen molar-refractivity contribution in [2.75, 3.05) is 19.6 Å². The molecule has 31 heavy (non-hydrogen) atoms. The lowest BCUT2D eigenvalue weighted by molar-refractivity contribution is -0.192. The molecule has 4 heterocycles. The number of halogens is 3. The molecule has 0 spiro atoms. The third kappa shape index (κ3) is 6.00. The molecule has 2 aromatic rings. The third-order valence-electron chi connectivity index (χ3n) is 4.97. The Kier molecular flexibility index (Phi) is 6.88. The van der Waals surface area contributed by atoms with Gasteiger partial charge >= 0.3 is 12.1 Å². The molecule has 0 aliphatic carbocycles. The summed E-state index contributed by atoms with van der Waals surface area (Å²) in [6, 6.07) is 0. The van der Waals surface area contributed by atoms with E-state index in [4.69, 9.17) is 14.9 Å². The van der Waals surface area contributed by atoms with E-state index in [0.29, 0.717) is 18.8 Å². The minimum absolute atomic E-state index is 0.0714. The Balaban J connectivity index is 0.000000339. The van der Waals surface area contributed by atoms with Crippen molar-refractivity contribution in [1.82, 2.24) is 29.3 Å². The molecule has 1 N–H and O–H groups in total.